The predicted octanol–water partition coefficient (Wildman–Crippen LogP) is 3.42. The number of nitrogens with one attached hydrogen (secondary N) is 1. The summed E-state index contributed by atoms with van der Waals surface area (Å²) in [5.41, 5.74) is 1.26. The summed E-state index contributed by atoms with van der Waals surface area (Å²) in [6.07, 6.45) is 0. The molecule has 0 aromatic heterocycles. The Bertz CT molecular complexity index is 784. The Morgan fingerprint density at radius 1 is 1.15 bits per heavy atom. The van der Waals surface area contributed by atoms with Crippen LogP contribution in [0.5, 0.6) is 5.75 Å². The lowest BCUT2D eigenvalue weighted by Crippen LogP contribution is -2.41. The van der Waals surface area contributed by atoms with Gasteiger partial charge in [0.15, 0.2) is 0 Å². The fourth-order valence-electron chi connectivity index (χ4n) is 2.74. The highest BCUT2D eigenvalue weighted by Gasteiger charge is 2.18. The topological polar surface area (TPSA) is 44.8 Å². The van der Waals surface area contributed by atoms with Crippen molar-refractivity contribution >= 4 is 6.03 Å². The van der Waals surface area contributed by atoms with Crippen LogP contribution in [-0.4, -0.2) is 50.6 Å². The van der Waals surface area contributed by atoms with Gasteiger partial charge in [-0.3, -0.25) is 0 Å². The van der Waals surface area contributed by atoms with E-state index >= 15 is 0 Å². The number of rotatable bonds is 7. The van der Waals surface area contributed by atoms with Crippen molar-refractivity contribution < 1.29 is 18.3 Å². The Morgan fingerprint density at radius 3 is 2.52 bits per heavy atom. The van der Waals surface area contributed by atoms with Crippen LogP contribution in [0.3, 0.4) is 0 Å². The van der Waals surface area contributed by atoms with Gasteiger partial charge in [0, 0.05) is 31.8 Å². The average molecular weight is 377 g/mol. The molecule has 0 spiro atoms. The number of ether oxygens (including phenoxy) is 1. The van der Waals surface area contributed by atoms with Crippen LogP contribution < -0.4 is 10.1 Å². The van der Waals surface area contributed by atoms with Gasteiger partial charge in [-0.25, -0.2) is 13.6 Å². The summed E-state index contributed by atoms with van der Waals surface area (Å²) in [6, 6.07) is 10.6. The van der Waals surface area contributed by atoms with Gasteiger partial charge in [-0.1, -0.05) is 18.2 Å². The first-order chi connectivity index (χ1) is 12.8. The van der Waals surface area contributed by atoms with Gasteiger partial charge in [0.2, 0.25) is 0 Å². The number of likely N-dealkylation sites (N-methyl/N-ethyl adjacent to an activating group) is 1. The number of carbonyl (C=O) groups is 1. The van der Waals surface area contributed by atoms with E-state index in [4.69, 9.17) is 4.74 Å². The Labute approximate surface area is 158 Å². The van der Waals surface area contributed by atoms with Gasteiger partial charge in [-0.15, -0.1) is 0 Å². The van der Waals surface area contributed by atoms with Crippen molar-refractivity contribution in [2.24, 2.45) is 0 Å². The number of nitrogens with zero attached hydrogens (tertiary/aromatic N) is 2. The van der Waals surface area contributed by atoms with E-state index in [0.717, 1.165) is 17.4 Å². The molecule has 2 rings (SSSR count). The minimum atomic E-state index is -0.669. The molecule has 5 nitrogen and oxygen atoms in total. The van der Waals surface area contributed by atoms with Gasteiger partial charge in [0.25, 0.3) is 0 Å². The first kappa shape index (κ1) is 20.6. The van der Waals surface area contributed by atoms with Gasteiger partial charge in [0.05, 0.1) is 13.2 Å². The van der Waals surface area contributed by atoms with Crippen molar-refractivity contribution in [1.29, 1.82) is 0 Å². The molecule has 0 saturated carbocycles. The molecule has 0 fully saturated rings. The van der Waals surface area contributed by atoms with E-state index in [1.54, 1.807) is 14.2 Å². The molecule has 0 saturated heterocycles. The summed E-state index contributed by atoms with van der Waals surface area (Å²) < 4.78 is 32.0. The molecule has 2 aromatic carbocycles. The van der Waals surface area contributed by atoms with Crippen LogP contribution in [0.25, 0.3) is 0 Å². The summed E-state index contributed by atoms with van der Waals surface area (Å²) in [5.74, 6) is -0.567. The number of hydrogen-bond acceptors (Lipinski definition) is 3. The molecule has 1 atom stereocenters. The van der Waals surface area contributed by atoms with Crippen molar-refractivity contribution in [3.63, 3.8) is 0 Å². The minimum absolute atomic E-state index is 0.0454. The molecule has 1 N–H and O–H groups in total. The van der Waals surface area contributed by atoms with Crippen LogP contribution >= 0.6 is 0 Å². The van der Waals surface area contributed by atoms with Gasteiger partial charge in [0.1, 0.15) is 17.4 Å². The maximum Gasteiger partial charge on any atom is 0.317 e. The molecular formula is C20H25F2N3O2. The smallest absolute Gasteiger partial charge is 0.317 e. The van der Waals surface area contributed by atoms with Crippen LogP contribution in [0.15, 0.2) is 42.5 Å². The van der Waals surface area contributed by atoms with Crippen LogP contribution in [0.1, 0.15) is 17.2 Å². The van der Waals surface area contributed by atoms with Crippen LogP contribution in [0.4, 0.5) is 13.6 Å². The third-order valence-corrected chi connectivity index (χ3v) is 4.32. The predicted molar refractivity (Wildman–Crippen MR) is 101 cm³/mol. The lowest BCUT2D eigenvalue weighted by atomic mass is 10.1. The van der Waals surface area contributed by atoms with Gasteiger partial charge >= 0.3 is 6.03 Å². The van der Waals surface area contributed by atoms with Crippen molar-refractivity contribution in [3.05, 3.63) is 65.2 Å². The van der Waals surface area contributed by atoms with Crippen molar-refractivity contribution in [1.82, 2.24) is 15.1 Å². The Hall–Kier alpha value is -2.67. The zero-order chi connectivity index (χ0) is 20.0. The van der Waals surface area contributed by atoms with Crippen LogP contribution in [0.2, 0.25) is 0 Å². The highest BCUT2D eigenvalue weighted by molar-refractivity contribution is 5.73. The molecule has 0 heterocycles. The molecule has 0 radical (unpaired) electrons. The first-order valence-electron chi connectivity index (χ1n) is 8.55. The highest BCUT2D eigenvalue weighted by Crippen LogP contribution is 2.22. The summed E-state index contributed by atoms with van der Waals surface area (Å²) in [5, 5.41) is 2.86. The monoisotopic (exact) mass is 377 g/mol. The number of halogens is 2. The molecule has 0 bridgehead atoms. The molecule has 0 aliphatic rings. The lowest BCUT2D eigenvalue weighted by Gasteiger charge is -2.27. The molecule has 2 aromatic rings. The zero-order valence-electron chi connectivity index (χ0n) is 16.0. The Balaban J connectivity index is 2.00. The van der Waals surface area contributed by atoms with Crippen LogP contribution in [0, 0.1) is 11.6 Å². The third kappa shape index (κ3) is 5.65. The summed E-state index contributed by atoms with van der Waals surface area (Å²) in [7, 11) is 7.02. The van der Waals surface area contributed by atoms with Crippen LogP contribution in [-0.2, 0) is 6.54 Å². The van der Waals surface area contributed by atoms with E-state index in [0.29, 0.717) is 6.54 Å². The van der Waals surface area contributed by atoms with Crippen molar-refractivity contribution in [2.45, 2.75) is 12.6 Å². The number of carbonyl (C=O) groups excluding carboxylic acids is 1. The highest BCUT2D eigenvalue weighted by atomic mass is 19.1. The van der Waals surface area contributed by atoms with Crippen molar-refractivity contribution in [3.8, 4) is 5.75 Å². The summed E-state index contributed by atoms with van der Waals surface area (Å²) in [6.45, 7) is 0.416. The normalized spacial score (nSPS) is 12.0. The van der Waals surface area contributed by atoms with Gasteiger partial charge < -0.3 is 19.9 Å². The Kier molecular flexibility index (Phi) is 7.12. The van der Waals surface area contributed by atoms with E-state index < -0.39 is 11.6 Å². The standard InChI is InChI=1S/C20H25F2N3O2/c1-24(2)19(14-6-5-7-17(10-14)27-4)12-23-20(26)25(3)13-15-8-9-16(21)11-18(15)22/h5-11,19H,12-13H2,1-4H3,(H,23,26). The zero-order valence-corrected chi connectivity index (χ0v) is 16.0. The van der Waals surface area contributed by atoms with Gasteiger partial charge in [-0.05, 0) is 37.9 Å². The average Bonchev–Trinajstić information content (AvgIpc) is 2.63. The number of amides is 2. The summed E-state index contributed by atoms with van der Waals surface area (Å²) in [4.78, 5) is 15.7. The minimum Gasteiger partial charge on any atom is -0.497 e. The molecule has 2 amide bonds. The molecule has 1 unspecified atom stereocenters. The molecule has 27 heavy (non-hydrogen) atoms. The quantitative estimate of drug-likeness (QED) is 0.804. The maximum absolute atomic E-state index is 13.8. The van der Waals surface area contributed by atoms with E-state index in [1.165, 1.54) is 17.0 Å². The lowest BCUT2D eigenvalue weighted by molar-refractivity contribution is 0.200. The SMILES string of the molecule is COc1cccc(C(CNC(=O)N(C)Cc2ccc(F)cc2F)N(C)C)c1. The maximum atomic E-state index is 13.8. The fraction of sp³-hybridized carbons (Fsp3) is 0.350. The fourth-order valence-corrected chi connectivity index (χ4v) is 2.74. The largest absolute Gasteiger partial charge is 0.497 e. The molecule has 146 valence electrons. The number of methoxy groups -OCH3 is 1. The molecule has 0 aliphatic heterocycles. The molecule has 7 heteroatoms. The van der Waals surface area contributed by atoms with Crippen molar-refractivity contribution in [2.75, 3.05) is 34.8 Å². The van der Waals surface area contributed by atoms with E-state index in [2.05, 4.69) is 5.32 Å². The second kappa shape index (κ2) is 9.32. The molecule has 0 aliphatic carbocycles. The van der Waals surface area contributed by atoms with Gasteiger partial charge in [-0.2, -0.15) is 0 Å². The molecular weight excluding hydrogens is 352 g/mol. The third-order valence-electron chi connectivity index (χ3n) is 4.32. The van der Waals surface area contributed by atoms with E-state index in [-0.39, 0.29) is 24.2 Å². The Morgan fingerprint density at radius 2 is 1.89 bits per heavy atom. The van der Waals surface area contributed by atoms with E-state index in [9.17, 15) is 13.6 Å². The van der Waals surface area contributed by atoms with E-state index in [1.807, 2.05) is 43.3 Å². The number of hydrogen-bond donors (Lipinski definition) is 1. The first-order valence-corrected chi connectivity index (χ1v) is 8.55. The number of benzene rings is 2. The second-order valence-corrected chi connectivity index (χ2v) is 6.53. The second-order valence-electron chi connectivity index (χ2n) is 6.53. The summed E-state index contributed by atoms with van der Waals surface area (Å²) >= 11 is 0. The number of urea groups is 1.